The van der Waals surface area contributed by atoms with Gasteiger partial charge in [0.05, 0.1) is 6.61 Å². The minimum Gasteiger partial charge on any atom is -0.489 e. The number of aryl methyl sites for hydroxylation is 1. The summed E-state index contributed by atoms with van der Waals surface area (Å²) in [6.45, 7) is 8.99. The maximum Gasteiger partial charge on any atom is 0.120 e. The van der Waals surface area contributed by atoms with Gasteiger partial charge >= 0.3 is 0 Å². The van der Waals surface area contributed by atoms with E-state index in [1.165, 1.54) is 0 Å². The molecule has 0 unspecified atom stereocenters. The third-order valence-corrected chi connectivity index (χ3v) is 3.37. The number of carbonyl (C=O) groups is 1. The molecule has 0 radical (unpaired) electrons. The first-order chi connectivity index (χ1) is 14.1. The zero-order chi connectivity index (χ0) is 22.3. The Labute approximate surface area is 176 Å². The van der Waals surface area contributed by atoms with E-state index in [1.54, 1.807) is 14.0 Å². The van der Waals surface area contributed by atoms with Crippen molar-refractivity contribution in [1.82, 2.24) is 0 Å². The molecule has 160 valence electrons. The molecular formula is C25H36O4. The Hall–Kier alpha value is -2.61. The van der Waals surface area contributed by atoms with Gasteiger partial charge in [0.2, 0.25) is 0 Å². The highest BCUT2D eigenvalue weighted by Crippen LogP contribution is 2.15. The number of benzene rings is 2. The summed E-state index contributed by atoms with van der Waals surface area (Å²) in [4.78, 5) is 10.3. The number of terminal acetylenes is 1. The zero-order valence-corrected chi connectivity index (χ0v) is 18.5. The number of carbonyl (C=O) groups excluding carboxylic acids is 1. The number of aliphatic hydroxyl groups is 1. The molecule has 0 aliphatic carbocycles. The normalized spacial score (nSPS) is 8.59. The van der Waals surface area contributed by atoms with Gasteiger partial charge in [-0.3, -0.25) is 0 Å². The lowest BCUT2D eigenvalue weighted by Gasteiger charge is -2.07. The van der Waals surface area contributed by atoms with Crippen LogP contribution in [0.5, 0.6) is 5.75 Å². The van der Waals surface area contributed by atoms with E-state index >= 15 is 0 Å². The number of methoxy groups -OCH3 is 1. The van der Waals surface area contributed by atoms with Crippen molar-refractivity contribution in [2.75, 3.05) is 13.7 Å². The Kier molecular flexibility index (Phi) is 21.4. The van der Waals surface area contributed by atoms with E-state index in [-0.39, 0.29) is 6.61 Å². The number of hydrogen-bond donors (Lipinski definition) is 1. The van der Waals surface area contributed by atoms with Crippen LogP contribution in [0.15, 0.2) is 48.5 Å². The Morgan fingerprint density at radius 2 is 1.45 bits per heavy atom. The molecule has 0 aliphatic rings. The van der Waals surface area contributed by atoms with Crippen LogP contribution in [0.25, 0.3) is 0 Å². The fraction of sp³-hybridized carbons (Fsp3) is 0.400. The van der Waals surface area contributed by atoms with E-state index in [2.05, 4.69) is 17.1 Å². The van der Waals surface area contributed by atoms with Gasteiger partial charge < -0.3 is 19.4 Å². The highest BCUT2D eigenvalue weighted by atomic mass is 16.5. The van der Waals surface area contributed by atoms with Crippen LogP contribution in [0.1, 0.15) is 50.8 Å². The van der Waals surface area contributed by atoms with Gasteiger partial charge in [-0.2, -0.15) is 0 Å². The number of aliphatic hydroxyl groups excluding tert-OH is 1. The molecule has 0 saturated heterocycles. The van der Waals surface area contributed by atoms with Crippen LogP contribution in [0.3, 0.4) is 0 Å². The summed E-state index contributed by atoms with van der Waals surface area (Å²) in [5.74, 6) is 3.06. The summed E-state index contributed by atoms with van der Waals surface area (Å²) in [6.07, 6.45) is 6.85. The van der Waals surface area contributed by atoms with Crippen LogP contribution >= 0.6 is 0 Å². The standard InChI is InChI=1S/C17H18O3.C3H8O.C3H4.C2H6/c18-11-1-2-14-7-9-17(10-8-14)20-13-16-5-3-15(12-19)4-6-16;1-3-4-2;1-3-2;1-2/h3-11,19H,1-2,12-13H2;3H2,1-2H3;1H,2H3;1-2H3. The lowest BCUT2D eigenvalue weighted by molar-refractivity contribution is -0.107. The fourth-order valence-electron chi connectivity index (χ4n) is 1.89. The van der Waals surface area contributed by atoms with Gasteiger partial charge in [-0.15, -0.1) is 12.3 Å². The van der Waals surface area contributed by atoms with Crippen LogP contribution < -0.4 is 4.74 Å². The summed E-state index contributed by atoms with van der Waals surface area (Å²) in [7, 11) is 1.68. The summed E-state index contributed by atoms with van der Waals surface area (Å²) >= 11 is 0. The van der Waals surface area contributed by atoms with E-state index in [1.807, 2.05) is 69.3 Å². The molecule has 0 aliphatic heterocycles. The van der Waals surface area contributed by atoms with E-state index < -0.39 is 0 Å². The highest BCUT2D eigenvalue weighted by molar-refractivity contribution is 5.50. The minimum absolute atomic E-state index is 0.0589. The predicted octanol–water partition coefficient (Wildman–Crippen LogP) is 5.21. The number of rotatable bonds is 8. The summed E-state index contributed by atoms with van der Waals surface area (Å²) in [6, 6.07) is 15.5. The number of ether oxygens (including phenoxy) is 2. The second-order valence-electron chi connectivity index (χ2n) is 5.48. The molecule has 0 saturated carbocycles. The zero-order valence-electron chi connectivity index (χ0n) is 18.5. The maximum atomic E-state index is 10.3. The van der Waals surface area contributed by atoms with Gasteiger partial charge in [0.15, 0.2) is 0 Å². The first-order valence-electron chi connectivity index (χ1n) is 9.85. The van der Waals surface area contributed by atoms with Crippen LogP contribution in [0.2, 0.25) is 0 Å². The number of hydrogen-bond acceptors (Lipinski definition) is 4. The topological polar surface area (TPSA) is 55.8 Å². The smallest absolute Gasteiger partial charge is 0.120 e. The molecule has 0 bridgehead atoms. The molecule has 0 amide bonds. The van der Waals surface area contributed by atoms with E-state index in [9.17, 15) is 4.79 Å². The molecular weight excluding hydrogens is 364 g/mol. The summed E-state index contributed by atoms with van der Waals surface area (Å²) in [5, 5.41) is 8.97. The van der Waals surface area contributed by atoms with Crippen molar-refractivity contribution in [3.63, 3.8) is 0 Å². The first-order valence-corrected chi connectivity index (χ1v) is 9.85. The first kappa shape index (κ1) is 28.6. The van der Waals surface area contributed by atoms with Crippen molar-refractivity contribution in [2.45, 2.75) is 53.8 Å². The summed E-state index contributed by atoms with van der Waals surface area (Å²) < 4.78 is 10.2. The Balaban J connectivity index is 0. The average Bonchev–Trinajstić information content (AvgIpc) is 2.79. The van der Waals surface area contributed by atoms with Gasteiger partial charge in [0.1, 0.15) is 18.6 Å². The second-order valence-corrected chi connectivity index (χ2v) is 5.48. The van der Waals surface area contributed by atoms with E-state index in [0.717, 1.165) is 41.8 Å². The van der Waals surface area contributed by atoms with Crippen molar-refractivity contribution in [3.05, 3.63) is 65.2 Å². The van der Waals surface area contributed by atoms with Gasteiger partial charge in [0, 0.05) is 20.1 Å². The van der Waals surface area contributed by atoms with Crippen LogP contribution in [0.4, 0.5) is 0 Å². The largest absolute Gasteiger partial charge is 0.489 e. The molecule has 2 aromatic carbocycles. The molecule has 29 heavy (non-hydrogen) atoms. The molecule has 2 rings (SSSR count). The van der Waals surface area contributed by atoms with Crippen LogP contribution in [-0.2, 0) is 29.2 Å². The molecule has 0 aromatic heterocycles. The second kappa shape index (κ2) is 21.7. The van der Waals surface area contributed by atoms with Crippen molar-refractivity contribution < 1.29 is 19.4 Å². The molecule has 4 heteroatoms. The molecule has 4 nitrogen and oxygen atoms in total. The summed E-state index contributed by atoms with van der Waals surface area (Å²) in [5.41, 5.74) is 3.09. The molecule has 0 atom stereocenters. The third kappa shape index (κ3) is 16.1. The van der Waals surface area contributed by atoms with Gasteiger partial charge in [-0.25, -0.2) is 0 Å². The average molecular weight is 401 g/mol. The third-order valence-electron chi connectivity index (χ3n) is 3.37. The number of aldehydes is 1. The fourth-order valence-corrected chi connectivity index (χ4v) is 1.89. The molecule has 0 fully saturated rings. The van der Waals surface area contributed by atoms with Gasteiger partial charge in [0.25, 0.3) is 0 Å². The van der Waals surface area contributed by atoms with Crippen molar-refractivity contribution >= 4 is 6.29 Å². The monoisotopic (exact) mass is 400 g/mol. The van der Waals surface area contributed by atoms with Crippen molar-refractivity contribution in [1.29, 1.82) is 0 Å². The SMILES string of the molecule is C#CC.CC.CCOC.O=CCCc1ccc(OCc2ccc(CO)cc2)cc1. The Morgan fingerprint density at radius 1 is 1.00 bits per heavy atom. The van der Waals surface area contributed by atoms with E-state index in [4.69, 9.17) is 9.84 Å². The van der Waals surface area contributed by atoms with Gasteiger partial charge in [-0.05, 0) is 49.1 Å². The molecule has 2 aromatic rings. The Morgan fingerprint density at radius 3 is 1.86 bits per heavy atom. The minimum atomic E-state index is 0.0589. The van der Waals surface area contributed by atoms with Crippen molar-refractivity contribution in [3.8, 4) is 18.1 Å². The Bertz CT molecular complexity index is 638. The van der Waals surface area contributed by atoms with Crippen molar-refractivity contribution in [2.24, 2.45) is 0 Å². The maximum absolute atomic E-state index is 10.3. The van der Waals surface area contributed by atoms with Gasteiger partial charge in [-0.1, -0.05) is 50.2 Å². The lowest BCUT2D eigenvalue weighted by Crippen LogP contribution is -1.96. The lowest BCUT2D eigenvalue weighted by atomic mass is 10.1. The molecule has 0 spiro atoms. The molecule has 1 N–H and O–H groups in total. The van der Waals surface area contributed by atoms with E-state index in [0.29, 0.717) is 13.0 Å². The predicted molar refractivity (Wildman–Crippen MR) is 121 cm³/mol. The van der Waals surface area contributed by atoms with Crippen LogP contribution in [0, 0.1) is 12.3 Å². The molecule has 0 heterocycles. The quantitative estimate of drug-likeness (QED) is 0.488. The highest BCUT2D eigenvalue weighted by Gasteiger charge is 1.98. The van der Waals surface area contributed by atoms with Crippen LogP contribution in [-0.4, -0.2) is 25.1 Å².